The fourth-order valence-corrected chi connectivity index (χ4v) is 1.41. The Kier molecular flexibility index (Phi) is 2.72. The number of carbonyl (C=O) groups is 2. The number of nitrogens with zero attached hydrogens (tertiary/aromatic N) is 3. The number of nitrogen functional groups attached to an aromatic ring is 1. The normalized spacial score (nSPS) is 10.3. The van der Waals surface area contributed by atoms with Crippen LogP contribution in [-0.2, 0) is 7.05 Å². The first-order valence-electron chi connectivity index (χ1n) is 4.93. The van der Waals surface area contributed by atoms with Gasteiger partial charge in [-0.25, -0.2) is 0 Å². The molecule has 0 fully saturated rings. The number of carbonyl (C=O) groups excluding carboxylic acids is 2. The second-order valence-corrected chi connectivity index (χ2v) is 3.59. The van der Waals surface area contributed by atoms with Crippen molar-refractivity contribution < 1.29 is 9.59 Å². The average molecular weight is 249 g/mol. The molecule has 0 saturated carbocycles. The number of aromatic amines is 1. The van der Waals surface area contributed by atoms with Crippen molar-refractivity contribution in [2.45, 2.75) is 0 Å². The predicted octanol–water partition coefficient (Wildman–Crippen LogP) is -0.923. The van der Waals surface area contributed by atoms with E-state index in [1.54, 1.807) is 7.05 Å². The number of aromatic nitrogens is 4. The Morgan fingerprint density at radius 1 is 1.50 bits per heavy atom. The van der Waals surface area contributed by atoms with Gasteiger partial charge in [0.15, 0.2) is 5.69 Å². The summed E-state index contributed by atoms with van der Waals surface area (Å²) in [5.74, 6) is -1.02. The van der Waals surface area contributed by atoms with Crippen LogP contribution in [-0.4, -0.2) is 31.8 Å². The van der Waals surface area contributed by atoms with Crippen molar-refractivity contribution in [3.63, 3.8) is 0 Å². The van der Waals surface area contributed by atoms with E-state index in [1.807, 2.05) is 0 Å². The maximum absolute atomic E-state index is 11.8. The van der Waals surface area contributed by atoms with Crippen LogP contribution in [0.5, 0.6) is 0 Å². The lowest BCUT2D eigenvalue weighted by atomic mass is 10.3. The highest BCUT2D eigenvalue weighted by Crippen LogP contribution is 2.14. The fourth-order valence-electron chi connectivity index (χ4n) is 1.41. The van der Waals surface area contributed by atoms with E-state index in [4.69, 9.17) is 11.5 Å². The van der Waals surface area contributed by atoms with Crippen molar-refractivity contribution in [1.29, 1.82) is 0 Å². The van der Waals surface area contributed by atoms with Gasteiger partial charge in [-0.1, -0.05) is 0 Å². The van der Waals surface area contributed by atoms with Crippen molar-refractivity contribution in [1.82, 2.24) is 20.0 Å². The van der Waals surface area contributed by atoms with Crippen molar-refractivity contribution >= 4 is 23.3 Å². The second-order valence-electron chi connectivity index (χ2n) is 3.59. The van der Waals surface area contributed by atoms with Gasteiger partial charge in [0.1, 0.15) is 11.5 Å². The Morgan fingerprint density at radius 2 is 2.22 bits per heavy atom. The van der Waals surface area contributed by atoms with Crippen molar-refractivity contribution in [3.05, 3.63) is 23.7 Å². The smallest absolute Gasteiger partial charge is 0.273 e. The Labute approximate surface area is 101 Å². The van der Waals surface area contributed by atoms with Crippen molar-refractivity contribution in [3.8, 4) is 0 Å². The second kappa shape index (κ2) is 4.20. The van der Waals surface area contributed by atoms with E-state index >= 15 is 0 Å². The lowest BCUT2D eigenvalue weighted by molar-refractivity contribution is 0.0995. The van der Waals surface area contributed by atoms with Gasteiger partial charge in [0.05, 0.1) is 5.69 Å². The first-order valence-corrected chi connectivity index (χ1v) is 4.93. The maximum atomic E-state index is 11.8. The summed E-state index contributed by atoms with van der Waals surface area (Å²) in [5, 5.41) is 12.4. The number of anilines is 2. The molecule has 18 heavy (non-hydrogen) atoms. The topological polar surface area (TPSA) is 145 Å². The SMILES string of the molecule is Cn1cc(NC(=O)c2cc(N)n[nH]2)c(C(N)=O)n1. The van der Waals surface area contributed by atoms with Gasteiger partial charge in [-0.3, -0.25) is 19.4 Å². The summed E-state index contributed by atoms with van der Waals surface area (Å²) < 4.78 is 1.37. The minimum atomic E-state index is -0.727. The number of nitrogens with one attached hydrogen (secondary N) is 2. The van der Waals surface area contributed by atoms with Crippen LogP contribution in [0.3, 0.4) is 0 Å². The van der Waals surface area contributed by atoms with E-state index in [0.717, 1.165) is 0 Å². The molecular weight excluding hydrogens is 238 g/mol. The number of hydrogen-bond acceptors (Lipinski definition) is 5. The van der Waals surface area contributed by atoms with Crippen LogP contribution in [0.4, 0.5) is 11.5 Å². The number of hydrogen-bond donors (Lipinski definition) is 4. The van der Waals surface area contributed by atoms with E-state index in [-0.39, 0.29) is 22.9 Å². The molecule has 2 rings (SSSR count). The molecule has 2 aromatic rings. The van der Waals surface area contributed by atoms with Gasteiger partial charge in [-0.2, -0.15) is 10.2 Å². The molecule has 6 N–H and O–H groups in total. The van der Waals surface area contributed by atoms with Crippen molar-refractivity contribution in [2.24, 2.45) is 12.8 Å². The molecule has 2 aromatic heterocycles. The van der Waals surface area contributed by atoms with E-state index < -0.39 is 11.8 Å². The highest BCUT2D eigenvalue weighted by Gasteiger charge is 2.17. The molecule has 94 valence electrons. The molecule has 0 unspecified atom stereocenters. The summed E-state index contributed by atoms with van der Waals surface area (Å²) in [6, 6.07) is 1.37. The number of aryl methyl sites for hydroxylation is 1. The van der Waals surface area contributed by atoms with Crippen LogP contribution in [0, 0.1) is 0 Å². The third-order valence-corrected chi connectivity index (χ3v) is 2.15. The predicted molar refractivity (Wildman–Crippen MR) is 62.7 cm³/mol. The number of nitrogens with two attached hydrogens (primary N) is 2. The third-order valence-electron chi connectivity index (χ3n) is 2.15. The van der Waals surface area contributed by atoms with Crippen molar-refractivity contribution in [2.75, 3.05) is 11.1 Å². The van der Waals surface area contributed by atoms with Gasteiger partial charge in [-0.15, -0.1) is 0 Å². The summed E-state index contributed by atoms with van der Waals surface area (Å²) in [6.07, 6.45) is 1.47. The number of H-pyrrole nitrogens is 1. The zero-order chi connectivity index (χ0) is 13.3. The van der Waals surface area contributed by atoms with Crippen LogP contribution >= 0.6 is 0 Å². The molecule has 2 amide bonds. The Hall–Kier alpha value is -2.84. The lowest BCUT2D eigenvalue weighted by Gasteiger charge is -2.00. The first kappa shape index (κ1) is 11.6. The fraction of sp³-hybridized carbons (Fsp3) is 0.111. The molecular formula is C9H11N7O2. The highest BCUT2D eigenvalue weighted by atomic mass is 16.2. The summed E-state index contributed by atoms with van der Waals surface area (Å²) in [4.78, 5) is 22.9. The van der Waals surface area contributed by atoms with E-state index in [9.17, 15) is 9.59 Å². The van der Waals surface area contributed by atoms with Crippen LogP contribution in [0.25, 0.3) is 0 Å². The Morgan fingerprint density at radius 3 is 2.78 bits per heavy atom. The molecule has 0 saturated heterocycles. The zero-order valence-electron chi connectivity index (χ0n) is 9.47. The Bertz CT molecular complexity index is 612. The molecule has 0 aliphatic carbocycles. The zero-order valence-corrected chi connectivity index (χ0v) is 9.47. The van der Waals surface area contributed by atoms with Gasteiger partial charge < -0.3 is 16.8 Å². The standard InChI is InChI=1S/C9H11N7O2/c1-16-3-5(7(15-16)8(11)17)12-9(18)4-2-6(10)14-13-4/h2-3H,1H3,(H2,11,17)(H,12,18)(H3,10,13,14). The third kappa shape index (κ3) is 2.14. The van der Waals surface area contributed by atoms with E-state index in [2.05, 4.69) is 20.6 Å². The van der Waals surface area contributed by atoms with Gasteiger partial charge in [0.2, 0.25) is 0 Å². The molecule has 0 radical (unpaired) electrons. The molecule has 0 aliphatic heterocycles. The number of amides is 2. The molecule has 0 aromatic carbocycles. The minimum absolute atomic E-state index is 0.0154. The minimum Gasteiger partial charge on any atom is -0.382 e. The Balaban J connectivity index is 2.24. The van der Waals surface area contributed by atoms with Gasteiger partial charge in [0, 0.05) is 19.3 Å². The molecule has 2 heterocycles. The van der Waals surface area contributed by atoms with Crippen LogP contribution in [0.2, 0.25) is 0 Å². The number of primary amides is 1. The molecule has 9 nitrogen and oxygen atoms in total. The number of rotatable bonds is 3. The molecule has 0 atom stereocenters. The maximum Gasteiger partial charge on any atom is 0.273 e. The van der Waals surface area contributed by atoms with Gasteiger partial charge in [-0.05, 0) is 0 Å². The monoisotopic (exact) mass is 249 g/mol. The van der Waals surface area contributed by atoms with Gasteiger partial charge in [0.25, 0.3) is 11.8 Å². The lowest BCUT2D eigenvalue weighted by Crippen LogP contribution is -2.18. The quantitative estimate of drug-likeness (QED) is 0.555. The van der Waals surface area contributed by atoms with Crippen LogP contribution < -0.4 is 16.8 Å². The van der Waals surface area contributed by atoms with E-state index in [0.29, 0.717) is 0 Å². The molecule has 9 heteroatoms. The summed E-state index contributed by atoms with van der Waals surface area (Å²) in [6.45, 7) is 0. The molecule has 0 bridgehead atoms. The highest BCUT2D eigenvalue weighted by molar-refractivity contribution is 6.07. The van der Waals surface area contributed by atoms with Crippen LogP contribution in [0.1, 0.15) is 21.0 Å². The molecule has 0 aliphatic rings. The van der Waals surface area contributed by atoms with Gasteiger partial charge >= 0.3 is 0 Å². The first-order chi connectivity index (χ1) is 8.47. The molecule has 0 spiro atoms. The van der Waals surface area contributed by atoms with Crippen LogP contribution in [0.15, 0.2) is 12.3 Å². The van der Waals surface area contributed by atoms with E-state index in [1.165, 1.54) is 16.9 Å². The summed E-state index contributed by atoms with van der Waals surface area (Å²) >= 11 is 0. The average Bonchev–Trinajstić information content (AvgIpc) is 2.85. The largest absolute Gasteiger partial charge is 0.382 e. The summed E-state index contributed by atoms with van der Waals surface area (Å²) in [5.41, 5.74) is 10.9. The summed E-state index contributed by atoms with van der Waals surface area (Å²) in [7, 11) is 1.61.